The highest BCUT2D eigenvalue weighted by Gasteiger charge is 2.34. The van der Waals surface area contributed by atoms with E-state index in [1.807, 2.05) is 0 Å². The molecule has 3 aromatic carbocycles. The Morgan fingerprint density at radius 2 is 1.19 bits per heavy atom. The van der Waals surface area contributed by atoms with Crippen LogP contribution in [0.25, 0.3) is 0 Å². The standard InChI is InChI=1S/C21H9Cl5N2O3/c22-14-13(15(23)17(25)18(26)16(14)24)21(31)28-10-6-2-4-8-12(10)20(30)7-3-1-5-9(27)11(7)19(8)29/h1-6H,27H2,(H,28,31). The quantitative estimate of drug-likeness (QED) is 0.180. The molecule has 1 amide bonds. The van der Waals surface area contributed by atoms with Crippen molar-refractivity contribution < 1.29 is 14.4 Å². The number of rotatable bonds is 2. The number of hydrogen-bond donors (Lipinski definition) is 2. The molecule has 0 radical (unpaired) electrons. The van der Waals surface area contributed by atoms with Crippen LogP contribution in [0.5, 0.6) is 0 Å². The first-order valence-electron chi connectivity index (χ1n) is 8.58. The summed E-state index contributed by atoms with van der Waals surface area (Å²) in [6, 6.07) is 9.09. The van der Waals surface area contributed by atoms with Crippen LogP contribution in [-0.4, -0.2) is 17.5 Å². The Kier molecular flexibility index (Phi) is 5.66. The van der Waals surface area contributed by atoms with E-state index in [0.29, 0.717) is 0 Å². The number of nitrogen functional groups attached to an aromatic ring is 1. The van der Waals surface area contributed by atoms with Gasteiger partial charge in [-0.3, -0.25) is 14.4 Å². The van der Waals surface area contributed by atoms with Gasteiger partial charge in [0.2, 0.25) is 0 Å². The molecule has 3 aromatic rings. The molecular weight excluding hydrogens is 506 g/mol. The zero-order valence-electron chi connectivity index (χ0n) is 15.2. The van der Waals surface area contributed by atoms with Gasteiger partial charge in [-0.05, 0) is 12.1 Å². The number of hydrogen-bond acceptors (Lipinski definition) is 4. The molecule has 0 aliphatic heterocycles. The fourth-order valence-corrected chi connectivity index (χ4v) is 4.67. The van der Waals surface area contributed by atoms with Crippen LogP contribution in [0.2, 0.25) is 25.1 Å². The molecule has 0 aromatic heterocycles. The number of fused-ring (bicyclic) bond motifs is 2. The number of carbonyl (C=O) groups is 3. The molecule has 0 unspecified atom stereocenters. The van der Waals surface area contributed by atoms with Gasteiger partial charge in [-0.2, -0.15) is 0 Å². The number of amides is 1. The smallest absolute Gasteiger partial charge is 0.258 e. The van der Waals surface area contributed by atoms with E-state index in [1.54, 1.807) is 12.1 Å². The number of ketones is 2. The van der Waals surface area contributed by atoms with Crippen LogP contribution in [0.1, 0.15) is 42.2 Å². The van der Waals surface area contributed by atoms with Crippen LogP contribution in [-0.2, 0) is 0 Å². The van der Waals surface area contributed by atoms with E-state index in [0.717, 1.165) is 0 Å². The zero-order chi connectivity index (χ0) is 22.6. The van der Waals surface area contributed by atoms with Gasteiger partial charge in [-0.25, -0.2) is 0 Å². The van der Waals surface area contributed by atoms with Crippen molar-refractivity contribution in [1.29, 1.82) is 0 Å². The van der Waals surface area contributed by atoms with E-state index >= 15 is 0 Å². The van der Waals surface area contributed by atoms with Crippen molar-refractivity contribution in [1.82, 2.24) is 0 Å². The van der Waals surface area contributed by atoms with Gasteiger partial charge in [0.05, 0.1) is 47.5 Å². The lowest BCUT2D eigenvalue weighted by molar-refractivity contribution is 0.0979. The molecule has 0 spiro atoms. The predicted molar refractivity (Wildman–Crippen MR) is 124 cm³/mol. The minimum Gasteiger partial charge on any atom is -0.398 e. The van der Waals surface area contributed by atoms with Gasteiger partial charge in [0, 0.05) is 16.8 Å². The molecule has 0 saturated carbocycles. The highest BCUT2D eigenvalue weighted by Crippen LogP contribution is 2.44. The maximum Gasteiger partial charge on any atom is 0.258 e. The van der Waals surface area contributed by atoms with Crippen LogP contribution in [0.4, 0.5) is 11.4 Å². The zero-order valence-corrected chi connectivity index (χ0v) is 18.9. The minimum atomic E-state index is -0.789. The first-order chi connectivity index (χ1) is 14.6. The average molecular weight is 515 g/mol. The highest BCUT2D eigenvalue weighted by molar-refractivity contribution is 6.56. The van der Waals surface area contributed by atoms with E-state index in [1.165, 1.54) is 24.3 Å². The molecule has 0 fully saturated rings. The number of nitrogens with two attached hydrogens (primary N) is 1. The topological polar surface area (TPSA) is 89.3 Å². The second-order valence-electron chi connectivity index (χ2n) is 6.56. The summed E-state index contributed by atoms with van der Waals surface area (Å²) in [5.74, 6) is -1.67. The summed E-state index contributed by atoms with van der Waals surface area (Å²) >= 11 is 30.4. The van der Waals surface area contributed by atoms with E-state index in [4.69, 9.17) is 63.7 Å². The van der Waals surface area contributed by atoms with Crippen LogP contribution in [0.3, 0.4) is 0 Å². The van der Waals surface area contributed by atoms with E-state index in [9.17, 15) is 14.4 Å². The largest absolute Gasteiger partial charge is 0.398 e. The monoisotopic (exact) mass is 512 g/mol. The van der Waals surface area contributed by atoms with Gasteiger partial charge in [-0.15, -0.1) is 0 Å². The summed E-state index contributed by atoms with van der Waals surface area (Å²) in [5, 5.41) is 1.77. The fourth-order valence-electron chi connectivity index (χ4n) is 3.36. The number of nitrogens with one attached hydrogen (secondary N) is 1. The second-order valence-corrected chi connectivity index (χ2v) is 8.45. The molecule has 1 aliphatic rings. The number of anilines is 2. The Hall–Kier alpha value is -2.28. The van der Waals surface area contributed by atoms with Gasteiger partial charge in [0.1, 0.15) is 0 Å². The lowest BCUT2D eigenvalue weighted by atomic mass is 9.82. The Balaban J connectivity index is 1.83. The van der Waals surface area contributed by atoms with Crippen molar-refractivity contribution in [3.63, 3.8) is 0 Å². The summed E-state index contributed by atoms with van der Waals surface area (Å²) in [6.07, 6.45) is 0. The summed E-state index contributed by atoms with van der Waals surface area (Å²) in [7, 11) is 0. The molecule has 0 bridgehead atoms. The minimum absolute atomic E-state index is 0.0253. The first-order valence-corrected chi connectivity index (χ1v) is 10.5. The van der Waals surface area contributed by atoms with Gasteiger partial charge in [0.15, 0.2) is 11.6 Å². The average Bonchev–Trinajstić information content (AvgIpc) is 2.74. The summed E-state index contributed by atoms with van der Waals surface area (Å²) in [5.41, 5.74) is 6.38. The highest BCUT2D eigenvalue weighted by atomic mass is 35.5. The third-order valence-electron chi connectivity index (χ3n) is 4.79. The van der Waals surface area contributed by atoms with E-state index in [2.05, 4.69) is 5.32 Å². The molecular formula is C21H9Cl5N2O3. The number of halogens is 5. The van der Waals surface area contributed by atoms with Crippen molar-refractivity contribution in [2.45, 2.75) is 0 Å². The Morgan fingerprint density at radius 3 is 1.81 bits per heavy atom. The van der Waals surface area contributed by atoms with Crippen molar-refractivity contribution in [3.05, 3.63) is 89.3 Å². The maximum atomic E-state index is 13.2. The Labute approximate surface area is 201 Å². The lowest BCUT2D eigenvalue weighted by Gasteiger charge is -2.21. The van der Waals surface area contributed by atoms with Crippen molar-refractivity contribution >= 4 is 86.9 Å². The summed E-state index contributed by atoms with van der Waals surface area (Å²) in [4.78, 5) is 39.1. The molecule has 3 N–H and O–H groups in total. The lowest BCUT2D eigenvalue weighted by Crippen LogP contribution is -2.25. The molecule has 31 heavy (non-hydrogen) atoms. The second kappa shape index (κ2) is 8.01. The van der Waals surface area contributed by atoms with Crippen molar-refractivity contribution in [3.8, 4) is 0 Å². The molecule has 1 aliphatic carbocycles. The van der Waals surface area contributed by atoms with Crippen LogP contribution in [0.15, 0.2) is 36.4 Å². The van der Waals surface area contributed by atoms with Crippen LogP contribution < -0.4 is 11.1 Å². The van der Waals surface area contributed by atoms with E-state index in [-0.39, 0.29) is 64.3 Å². The third-order valence-corrected chi connectivity index (χ3v) is 7.07. The predicted octanol–water partition coefficient (Wildman–Crippen LogP) is 6.56. The molecule has 0 heterocycles. The summed E-state index contributed by atoms with van der Waals surface area (Å²) < 4.78 is 0. The van der Waals surface area contributed by atoms with Gasteiger partial charge >= 0.3 is 0 Å². The molecule has 10 heteroatoms. The Morgan fingerprint density at radius 1 is 0.710 bits per heavy atom. The first kappa shape index (κ1) is 21.9. The molecule has 5 nitrogen and oxygen atoms in total. The Bertz CT molecular complexity index is 1310. The fraction of sp³-hybridized carbons (Fsp3) is 0. The third kappa shape index (κ3) is 3.37. The SMILES string of the molecule is Nc1cccc2c1C(=O)c1cccc(NC(=O)c3c(Cl)c(Cl)c(Cl)c(Cl)c3Cl)c1C2=O. The van der Waals surface area contributed by atoms with E-state index < -0.39 is 17.5 Å². The van der Waals surface area contributed by atoms with Crippen LogP contribution >= 0.6 is 58.0 Å². The molecule has 0 atom stereocenters. The molecule has 0 saturated heterocycles. The molecule has 4 rings (SSSR count). The maximum absolute atomic E-state index is 13.2. The van der Waals surface area contributed by atoms with Crippen LogP contribution in [0, 0.1) is 0 Å². The molecule has 156 valence electrons. The van der Waals surface area contributed by atoms with Gasteiger partial charge in [-0.1, -0.05) is 82.3 Å². The van der Waals surface area contributed by atoms with Crippen molar-refractivity contribution in [2.75, 3.05) is 11.1 Å². The normalized spacial score (nSPS) is 12.4. The summed E-state index contributed by atoms with van der Waals surface area (Å²) in [6.45, 7) is 0. The van der Waals surface area contributed by atoms with Crippen molar-refractivity contribution in [2.24, 2.45) is 0 Å². The number of benzene rings is 3. The number of carbonyl (C=O) groups excluding carboxylic acids is 3. The van der Waals surface area contributed by atoms with Gasteiger partial charge < -0.3 is 11.1 Å². The van der Waals surface area contributed by atoms with Gasteiger partial charge in [0.25, 0.3) is 5.91 Å².